The quantitative estimate of drug-likeness (QED) is 0.602. The number of nitrogens with one attached hydrogen (secondary N) is 1. The van der Waals surface area contributed by atoms with Crippen LogP contribution in [-0.4, -0.2) is 44.2 Å². The molecule has 30 heavy (non-hydrogen) atoms. The number of amides is 1. The van der Waals surface area contributed by atoms with Crippen LogP contribution in [0.3, 0.4) is 0 Å². The number of benzene rings is 2. The molecule has 0 aliphatic carbocycles. The first-order valence-corrected chi connectivity index (χ1v) is 9.68. The fourth-order valence-electron chi connectivity index (χ4n) is 2.70. The second kappa shape index (κ2) is 11.6. The Bertz CT molecular complexity index is 833. The van der Waals surface area contributed by atoms with Crippen LogP contribution in [0.2, 0.25) is 0 Å². The lowest BCUT2D eigenvalue weighted by Gasteiger charge is -2.16. The largest absolute Gasteiger partial charge is 0.482 e. The molecule has 2 aromatic carbocycles. The lowest BCUT2D eigenvalue weighted by molar-refractivity contribution is -0.151. The molecule has 0 heterocycles. The predicted molar refractivity (Wildman–Crippen MR) is 111 cm³/mol. The molecule has 2 rings (SSSR count). The Kier molecular flexibility index (Phi) is 8.87. The Morgan fingerprint density at radius 2 is 1.60 bits per heavy atom. The van der Waals surface area contributed by atoms with Crippen molar-refractivity contribution in [2.24, 2.45) is 0 Å². The Morgan fingerprint density at radius 3 is 2.20 bits per heavy atom. The molecular formula is C23H27NO6. The summed E-state index contributed by atoms with van der Waals surface area (Å²) in [5.74, 6) is -0.925. The predicted octanol–water partition coefficient (Wildman–Crippen LogP) is 2.63. The van der Waals surface area contributed by atoms with Crippen molar-refractivity contribution in [2.75, 3.05) is 20.3 Å². The number of ether oxygens (including phenoxy) is 3. The number of hydrogen-bond acceptors (Lipinski definition) is 6. The molecule has 0 saturated carbocycles. The molecular weight excluding hydrogens is 386 g/mol. The van der Waals surface area contributed by atoms with Gasteiger partial charge in [0, 0.05) is 6.42 Å². The number of rotatable bonds is 10. The summed E-state index contributed by atoms with van der Waals surface area (Å²) in [6.45, 7) is 3.33. The lowest BCUT2D eigenvalue weighted by Crippen LogP contribution is -2.44. The number of carbonyl (C=O) groups is 3. The fraction of sp³-hybridized carbons (Fsp3) is 0.348. The van der Waals surface area contributed by atoms with Gasteiger partial charge >= 0.3 is 11.9 Å². The van der Waals surface area contributed by atoms with Gasteiger partial charge in [-0.05, 0) is 29.2 Å². The van der Waals surface area contributed by atoms with Crippen molar-refractivity contribution in [3.63, 3.8) is 0 Å². The van der Waals surface area contributed by atoms with Crippen LogP contribution in [0, 0.1) is 0 Å². The number of carbonyl (C=O) groups excluding carboxylic acids is 3. The molecule has 0 radical (unpaired) electrons. The number of esters is 2. The van der Waals surface area contributed by atoms with Gasteiger partial charge in [0.25, 0.3) is 5.91 Å². The van der Waals surface area contributed by atoms with E-state index in [1.807, 2.05) is 42.5 Å². The highest BCUT2D eigenvalue weighted by atomic mass is 16.6. The maximum atomic E-state index is 12.1. The van der Waals surface area contributed by atoms with Gasteiger partial charge in [0.05, 0.1) is 7.11 Å². The highest BCUT2D eigenvalue weighted by Crippen LogP contribution is 2.18. The molecule has 160 valence electrons. The van der Waals surface area contributed by atoms with Gasteiger partial charge in [-0.25, -0.2) is 9.59 Å². The molecule has 0 unspecified atom stereocenters. The van der Waals surface area contributed by atoms with Crippen molar-refractivity contribution in [3.05, 3.63) is 65.7 Å². The van der Waals surface area contributed by atoms with Crippen LogP contribution >= 0.6 is 0 Å². The molecule has 7 heteroatoms. The third-order valence-corrected chi connectivity index (χ3v) is 4.37. The topological polar surface area (TPSA) is 90.9 Å². The average Bonchev–Trinajstić information content (AvgIpc) is 2.76. The van der Waals surface area contributed by atoms with Crippen LogP contribution in [0.25, 0.3) is 0 Å². The van der Waals surface area contributed by atoms with Gasteiger partial charge in [0.1, 0.15) is 11.8 Å². The molecule has 1 amide bonds. The molecule has 0 saturated heterocycles. The molecule has 0 aromatic heterocycles. The average molecular weight is 413 g/mol. The summed E-state index contributed by atoms with van der Waals surface area (Å²) in [5, 5.41) is 2.53. The van der Waals surface area contributed by atoms with E-state index in [9.17, 15) is 14.4 Å². The first-order valence-electron chi connectivity index (χ1n) is 9.68. The minimum atomic E-state index is -0.876. The van der Waals surface area contributed by atoms with E-state index in [1.54, 1.807) is 12.1 Å². The molecule has 2 aromatic rings. The van der Waals surface area contributed by atoms with E-state index in [2.05, 4.69) is 19.2 Å². The molecule has 0 aliphatic rings. The van der Waals surface area contributed by atoms with Gasteiger partial charge < -0.3 is 19.5 Å². The van der Waals surface area contributed by atoms with E-state index >= 15 is 0 Å². The van der Waals surface area contributed by atoms with Crippen molar-refractivity contribution < 1.29 is 28.6 Å². The van der Waals surface area contributed by atoms with Crippen LogP contribution in [0.4, 0.5) is 0 Å². The molecule has 0 spiro atoms. The molecule has 0 bridgehead atoms. The third kappa shape index (κ3) is 7.58. The van der Waals surface area contributed by atoms with Crippen molar-refractivity contribution in [3.8, 4) is 5.75 Å². The first kappa shape index (κ1) is 22.9. The van der Waals surface area contributed by atoms with Gasteiger partial charge in [-0.2, -0.15) is 0 Å². The van der Waals surface area contributed by atoms with Gasteiger partial charge in [-0.3, -0.25) is 4.79 Å². The van der Waals surface area contributed by atoms with E-state index in [0.717, 1.165) is 11.1 Å². The monoisotopic (exact) mass is 413 g/mol. The zero-order valence-corrected chi connectivity index (χ0v) is 17.4. The second-order valence-electron chi connectivity index (χ2n) is 7.01. The smallest absolute Gasteiger partial charge is 0.344 e. The Morgan fingerprint density at radius 1 is 0.933 bits per heavy atom. The van der Waals surface area contributed by atoms with Crippen molar-refractivity contribution in [1.82, 2.24) is 5.32 Å². The standard InChI is InChI=1S/C23H27NO6/c1-16(2)18-9-11-19(12-10-18)29-15-22(26)30-14-21(25)24-20(23(27)28-3)13-17-7-5-4-6-8-17/h4-12,16,20H,13-15H2,1-3H3,(H,24,25)/t20-/m1/s1. The molecule has 0 aliphatic heterocycles. The summed E-state index contributed by atoms with van der Waals surface area (Å²) < 4.78 is 15.0. The summed E-state index contributed by atoms with van der Waals surface area (Å²) in [5.41, 5.74) is 2.03. The summed E-state index contributed by atoms with van der Waals surface area (Å²) in [6, 6.07) is 15.7. The summed E-state index contributed by atoms with van der Waals surface area (Å²) in [4.78, 5) is 35.9. The maximum absolute atomic E-state index is 12.1. The van der Waals surface area contributed by atoms with E-state index in [4.69, 9.17) is 14.2 Å². The fourth-order valence-corrected chi connectivity index (χ4v) is 2.70. The Hall–Kier alpha value is -3.35. The normalized spacial score (nSPS) is 11.5. The lowest BCUT2D eigenvalue weighted by atomic mass is 10.0. The molecule has 7 nitrogen and oxygen atoms in total. The van der Waals surface area contributed by atoms with Crippen LogP contribution in [0.5, 0.6) is 5.75 Å². The number of hydrogen-bond donors (Lipinski definition) is 1. The molecule has 1 N–H and O–H groups in total. The summed E-state index contributed by atoms with van der Waals surface area (Å²) in [6.07, 6.45) is 0.267. The van der Waals surface area contributed by atoms with Crippen LogP contribution in [0.15, 0.2) is 54.6 Å². The minimum absolute atomic E-state index is 0.267. The number of methoxy groups -OCH3 is 1. The SMILES string of the molecule is COC(=O)[C@@H](Cc1ccccc1)NC(=O)COC(=O)COc1ccc(C(C)C)cc1. The minimum Gasteiger partial charge on any atom is -0.482 e. The van der Waals surface area contributed by atoms with Gasteiger partial charge in [0.2, 0.25) is 0 Å². The van der Waals surface area contributed by atoms with Crippen molar-refractivity contribution >= 4 is 17.8 Å². The summed E-state index contributed by atoms with van der Waals surface area (Å²) in [7, 11) is 1.25. The van der Waals surface area contributed by atoms with E-state index < -0.39 is 30.5 Å². The highest BCUT2D eigenvalue weighted by molar-refractivity contribution is 5.86. The van der Waals surface area contributed by atoms with E-state index in [0.29, 0.717) is 11.7 Å². The zero-order chi connectivity index (χ0) is 21.9. The zero-order valence-electron chi connectivity index (χ0n) is 17.4. The maximum Gasteiger partial charge on any atom is 0.344 e. The van der Waals surface area contributed by atoms with Gasteiger partial charge in [0.15, 0.2) is 13.2 Å². The van der Waals surface area contributed by atoms with E-state index in [-0.39, 0.29) is 13.0 Å². The van der Waals surface area contributed by atoms with Crippen molar-refractivity contribution in [2.45, 2.75) is 32.2 Å². The Balaban J connectivity index is 1.78. The van der Waals surface area contributed by atoms with Gasteiger partial charge in [-0.15, -0.1) is 0 Å². The summed E-state index contributed by atoms with van der Waals surface area (Å²) >= 11 is 0. The molecule has 0 fully saturated rings. The van der Waals surface area contributed by atoms with Crippen LogP contribution < -0.4 is 10.1 Å². The third-order valence-electron chi connectivity index (χ3n) is 4.37. The Labute approximate surface area is 176 Å². The van der Waals surface area contributed by atoms with E-state index in [1.165, 1.54) is 7.11 Å². The van der Waals surface area contributed by atoms with Crippen molar-refractivity contribution in [1.29, 1.82) is 0 Å². The van der Waals surface area contributed by atoms with Gasteiger partial charge in [-0.1, -0.05) is 56.3 Å². The second-order valence-corrected chi connectivity index (χ2v) is 7.01. The first-order chi connectivity index (χ1) is 14.4. The molecule has 1 atom stereocenters. The van der Waals surface area contributed by atoms with Crippen LogP contribution in [0.1, 0.15) is 30.9 Å². The van der Waals surface area contributed by atoms with Crippen LogP contribution in [-0.2, 0) is 30.3 Å². The highest BCUT2D eigenvalue weighted by Gasteiger charge is 2.22.